The number of hydrogen-bond donors (Lipinski definition) is 1. The van der Waals surface area contributed by atoms with Gasteiger partial charge in [0.1, 0.15) is 5.58 Å². The fourth-order valence-electron chi connectivity index (χ4n) is 2.48. The van der Waals surface area contributed by atoms with Gasteiger partial charge >= 0.3 is 5.63 Å². The third kappa shape index (κ3) is 3.68. The van der Waals surface area contributed by atoms with Crippen LogP contribution in [-0.2, 0) is 6.54 Å². The van der Waals surface area contributed by atoms with E-state index in [0.29, 0.717) is 18.7 Å². The van der Waals surface area contributed by atoms with E-state index in [2.05, 4.69) is 0 Å². The molecule has 0 aliphatic carbocycles. The SMILES string of the molecule is Cc1ccc2c(CN(C)CC(C)(C)O)cc(=O)oc2c1. The first-order chi connectivity index (χ1) is 9.24. The quantitative estimate of drug-likeness (QED) is 0.870. The third-order valence-corrected chi connectivity index (χ3v) is 3.08. The highest BCUT2D eigenvalue weighted by Crippen LogP contribution is 2.20. The molecule has 0 aliphatic heterocycles. The Morgan fingerprint density at radius 3 is 2.65 bits per heavy atom. The molecule has 2 aromatic rings. The average molecular weight is 275 g/mol. The lowest BCUT2D eigenvalue weighted by Crippen LogP contribution is -2.36. The highest BCUT2D eigenvalue weighted by Gasteiger charge is 2.16. The maximum atomic E-state index is 11.6. The normalized spacial score (nSPS) is 12.3. The first-order valence-corrected chi connectivity index (χ1v) is 6.69. The summed E-state index contributed by atoms with van der Waals surface area (Å²) < 4.78 is 5.24. The van der Waals surface area contributed by atoms with Crippen LogP contribution in [0.15, 0.2) is 33.5 Å². The molecule has 20 heavy (non-hydrogen) atoms. The Balaban J connectivity index is 2.36. The molecule has 0 radical (unpaired) electrons. The molecule has 0 spiro atoms. The second kappa shape index (κ2) is 5.38. The second-order valence-electron chi connectivity index (χ2n) is 6.08. The van der Waals surface area contributed by atoms with E-state index in [0.717, 1.165) is 16.5 Å². The van der Waals surface area contributed by atoms with Crippen LogP contribution in [-0.4, -0.2) is 29.2 Å². The van der Waals surface area contributed by atoms with Crippen LogP contribution in [0.1, 0.15) is 25.0 Å². The maximum absolute atomic E-state index is 11.6. The standard InChI is InChI=1S/C16H21NO3/c1-11-5-6-13-12(8-15(18)20-14(13)7-11)9-17(4)10-16(2,3)19/h5-8,19H,9-10H2,1-4H3. The number of hydrogen-bond acceptors (Lipinski definition) is 4. The van der Waals surface area contributed by atoms with Gasteiger partial charge in [-0.05, 0) is 45.0 Å². The van der Waals surface area contributed by atoms with Crippen LogP contribution < -0.4 is 5.63 Å². The minimum atomic E-state index is -0.763. The lowest BCUT2D eigenvalue weighted by atomic mass is 10.1. The Labute approximate surface area is 118 Å². The van der Waals surface area contributed by atoms with Crippen molar-refractivity contribution >= 4 is 11.0 Å². The van der Waals surface area contributed by atoms with Crippen molar-refractivity contribution in [1.82, 2.24) is 4.90 Å². The predicted octanol–water partition coefficient (Wildman–Crippen LogP) is 2.30. The van der Waals surface area contributed by atoms with E-state index in [9.17, 15) is 9.90 Å². The number of nitrogens with zero attached hydrogens (tertiary/aromatic N) is 1. The Morgan fingerprint density at radius 1 is 1.30 bits per heavy atom. The molecule has 0 amide bonds. The fraction of sp³-hybridized carbons (Fsp3) is 0.438. The number of benzene rings is 1. The summed E-state index contributed by atoms with van der Waals surface area (Å²) in [4.78, 5) is 13.6. The van der Waals surface area contributed by atoms with Crippen LogP contribution >= 0.6 is 0 Å². The molecule has 0 atom stereocenters. The van der Waals surface area contributed by atoms with Crippen molar-refractivity contribution in [3.63, 3.8) is 0 Å². The predicted molar refractivity (Wildman–Crippen MR) is 79.9 cm³/mol. The summed E-state index contributed by atoms with van der Waals surface area (Å²) in [5.74, 6) is 0. The van der Waals surface area contributed by atoms with E-state index in [1.807, 2.05) is 37.1 Å². The van der Waals surface area contributed by atoms with Crippen molar-refractivity contribution in [2.75, 3.05) is 13.6 Å². The van der Waals surface area contributed by atoms with E-state index in [1.165, 1.54) is 6.07 Å². The molecule has 0 unspecified atom stereocenters. The summed E-state index contributed by atoms with van der Waals surface area (Å²) in [5, 5.41) is 10.8. The van der Waals surface area contributed by atoms with Gasteiger partial charge in [-0.15, -0.1) is 0 Å². The van der Waals surface area contributed by atoms with Crippen molar-refractivity contribution in [3.8, 4) is 0 Å². The molecule has 1 aromatic carbocycles. The van der Waals surface area contributed by atoms with Gasteiger partial charge in [0, 0.05) is 24.5 Å². The van der Waals surface area contributed by atoms with Crippen molar-refractivity contribution in [3.05, 3.63) is 45.8 Å². The van der Waals surface area contributed by atoms with Gasteiger partial charge < -0.3 is 9.52 Å². The van der Waals surface area contributed by atoms with Crippen LogP contribution in [0.2, 0.25) is 0 Å². The smallest absolute Gasteiger partial charge is 0.336 e. The van der Waals surface area contributed by atoms with E-state index in [1.54, 1.807) is 13.8 Å². The summed E-state index contributed by atoms with van der Waals surface area (Å²) in [6.45, 7) is 6.62. The summed E-state index contributed by atoms with van der Waals surface area (Å²) in [5.41, 5.74) is 1.49. The molecule has 0 bridgehead atoms. The molecule has 1 aromatic heterocycles. The molecule has 2 rings (SSSR count). The van der Waals surface area contributed by atoms with Crippen LogP contribution in [0, 0.1) is 6.92 Å². The van der Waals surface area contributed by atoms with Gasteiger partial charge in [-0.2, -0.15) is 0 Å². The summed E-state index contributed by atoms with van der Waals surface area (Å²) in [6.07, 6.45) is 0. The lowest BCUT2D eigenvalue weighted by molar-refractivity contribution is 0.0425. The third-order valence-electron chi connectivity index (χ3n) is 3.08. The zero-order valence-corrected chi connectivity index (χ0v) is 12.4. The second-order valence-corrected chi connectivity index (χ2v) is 6.08. The molecule has 1 N–H and O–H groups in total. The van der Waals surface area contributed by atoms with Crippen molar-refractivity contribution in [1.29, 1.82) is 0 Å². The van der Waals surface area contributed by atoms with E-state index in [-0.39, 0.29) is 5.63 Å². The van der Waals surface area contributed by atoms with E-state index >= 15 is 0 Å². The maximum Gasteiger partial charge on any atom is 0.336 e. The molecule has 0 fully saturated rings. The molecule has 0 saturated carbocycles. The largest absolute Gasteiger partial charge is 0.423 e. The fourth-order valence-corrected chi connectivity index (χ4v) is 2.48. The van der Waals surface area contributed by atoms with E-state index in [4.69, 9.17) is 4.42 Å². The molecular formula is C16H21NO3. The highest BCUT2D eigenvalue weighted by atomic mass is 16.4. The highest BCUT2D eigenvalue weighted by molar-refractivity contribution is 5.80. The first-order valence-electron chi connectivity index (χ1n) is 6.69. The molecule has 1 heterocycles. The molecule has 0 saturated heterocycles. The molecule has 4 heteroatoms. The van der Waals surface area contributed by atoms with Crippen LogP contribution in [0.3, 0.4) is 0 Å². The van der Waals surface area contributed by atoms with Gasteiger partial charge in [0.15, 0.2) is 0 Å². The zero-order chi connectivity index (χ0) is 14.9. The number of fused-ring (bicyclic) bond motifs is 1. The van der Waals surface area contributed by atoms with Gasteiger partial charge in [0.2, 0.25) is 0 Å². The van der Waals surface area contributed by atoms with Gasteiger partial charge in [0.25, 0.3) is 0 Å². The van der Waals surface area contributed by atoms with E-state index < -0.39 is 5.60 Å². The Hall–Kier alpha value is -1.65. The van der Waals surface area contributed by atoms with Gasteiger partial charge in [-0.1, -0.05) is 12.1 Å². The van der Waals surface area contributed by atoms with Gasteiger partial charge in [-0.25, -0.2) is 4.79 Å². The molecule has 108 valence electrons. The van der Waals surface area contributed by atoms with Crippen molar-refractivity contribution in [2.24, 2.45) is 0 Å². The van der Waals surface area contributed by atoms with Gasteiger partial charge in [0.05, 0.1) is 5.60 Å². The minimum absolute atomic E-state index is 0.338. The Kier molecular flexibility index (Phi) is 3.97. The lowest BCUT2D eigenvalue weighted by Gasteiger charge is -2.25. The summed E-state index contributed by atoms with van der Waals surface area (Å²) >= 11 is 0. The first kappa shape index (κ1) is 14.8. The van der Waals surface area contributed by atoms with Crippen LogP contribution in [0.4, 0.5) is 0 Å². The monoisotopic (exact) mass is 275 g/mol. The summed E-state index contributed by atoms with van der Waals surface area (Å²) in [7, 11) is 1.92. The van der Waals surface area contributed by atoms with Crippen molar-refractivity contribution < 1.29 is 9.52 Å². The number of aliphatic hydroxyl groups is 1. The number of likely N-dealkylation sites (N-methyl/N-ethyl adjacent to an activating group) is 1. The van der Waals surface area contributed by atoms with Crippen molar-refractivity contribution in [2.45, 2.75) is 32.9 Å². The van der Waals surface area contributed by atoms with Crippen LogP contribution in [0.25, 0.3) is 11.0 Å². The molecular weight excluding hydrogens is 254 g/mol. The average Bonchev–Trinajstić information content (AvgIpc) is 2.24. The molecule has 0 aliphatic rings. The minimum Gasteiger partial charge on any atom is -0.423 e. The number of aryl methyl sites for hydroxylation is 1. The number of rotatable bonds is 4. The van der Waals surface area contributed by atoms with Crippen LogP contribution in [0.5, 0.6) is 0 Å². The van der Waals surface area contributed by atoms with Gasteiger partial charge in [-0.3, -0.25) is 4.90 Å². The Bertz CT molecular complexity index is 667. The topological polar surface area (TPSA) is 53.7 Å². The summed E-state index contributed by atoms with van der Waals surface area (Å²) in [6, 6.07) is 7.37. The zero-order valence-electron chi connectivity index (χ0n) is 12.4. The molecule has 4 nitrogen and oxygen atoms in total. The Morgan fingerprint density at radius 2 is 2.00 bits per heavy atom.